The topological polar surface area (TPSA) is 97.4 Å². The van der Waals surface area contributed by atoms with Gasteiger partial charge in [0.05, 0.1) is 24.9 Å². The molecular weight excluding hydrogens is 504 g/mol. The number of carbonyl (C=O) groups is 2. The molecule has 0 bridgehead atoms. The Morgan fingerprint density at radius 1 is 1.15 bits per heavy atom. The Kier molecular flexibility index (Phi) is 7.94. The van der Waals surface area contributed by atoms with E-state index in [1.807, 2.05) is 67.7 Å². The summed E-state index contributed by atoms with van der Waals surface area (Å²) in [6, 6.07) is 17.6. The van der Waals surface area contributed by atoms with E-state index in [4.69, 9.17) is 14.6 Å². The van der Waals surface area contributed by atoms with Crippen LogP contribution in [0, 0.1) is 18.3 Å². The standard InChI is InChI=1S/C32H32N4O4/c1-4-14-39-25-12-13-27(21(2)16-25)30-23(19-36(34-30)24-9-6-5-7-10-24)17-28-22(3)29(18-33)32(38)35(31(28)37)20-26-11-8-15-40-26/h5-7,9-10,12-13,16-17,19,26H,4,8,11,14-15,20H2,1-3H3/b28-17+. The molecule has 1 unspecified atom stereocenters. The van der Waals surface area contributed by atoms with Gasteiger partial charge in [0.15, 0.2) is 0 Å². The van der Waals surface area contributed by atoms with Crippen molar-refractivity contribution < 1.29 is 19.1 Å². The van der Waals surface area contributed by atoms with Crippen LogP contribution < -0.4 is 4.74 Å². The maximum atomic E-state index is 13.7. The maximum Gasteiger partial charge on any atom is 0.271 e. The number of nitriles is 1. The average molecular weight is 537 g/mol. The summed E-state index contributed by atoms with van der Waals surface area (Å²) in [5.41, 5.74) is 4.73. The molecular formula is C32H32N4O4. The number of para-hydroxylation sites is 1. The van der Waals surface area contributed by atoms with Crippen LogP contribution >= 0.6 is 0 Å². The molecule has 0 saturated carbocycles. The van der Waals surface area contributed by atoms with Crippen LogP contribution in [0.2, 0.25) is 0 Å². The lowest BCUT2D eigenvalue weighted by Crippen LogP contribution is -2.46. The van der Waals surface area contributed by atoms with Crippen LogP contribution in [0.4, 0.5) is 0 Å². The first-order chi connectivity index (χ1) is 19.4. The number of imide groups is 1. The summed E-state index contributed by atoms with van der Waals surface area (Å²) in [5.74, 6) is -0.222. The zero-order valence-electron chi connectivity index (χ0n) is 23.0. The summed E-state index contributed by atoms with van der Waals surface area (Å²) in [4.78, 5) is 28.0. The number of hydrogen-bond acceptors (Lipinski definition) is 6. The highest BCUT2D eigenvalue weighted by Crippen LogP contribution is 2.34. The van der Waals surface area contributed by atoms with E-state index in [9.17, 15) is 14.9 Å². The predicted molar refractivity (Wildman–Crippen MR) is 152 cm³/mol. The van der Waals surface area contributed by atoms with Gasteiger partial charge in [-0.25, -0.2) is 4.68 Å². The van der Waals surface area contributed by atoms with Crippen molar-refractivity contribution in [3.63, 3.8) is 0 Å². The lowest BCUT2D eigenvalue weighted by Gasteiger charge is -2.29. The second-order valence-corrected chi connectivity index (χ2v) is 10.1. The minimum Gasteiger partial charge on any atom is -0.494 e. The number of benzene rings is 2. The molecule has 1 saturated heterocycles. The summed E-state index contributed by atoms with van der Waals surface area (Å²) in [6.07, 6.45) is 5.95. The summed E-state index contributed by atoms with van der Waals surface area (Å²) in [7, 11) is 0. The molecule has 0 spiro atoms. The van der Waals surface area contributed by atoms with Gasteiger partial charge < -0.3 is 9.47 Å². The van der Waals surface area contributed by atoms with Crippen molar-refractivity contribution in [2.24, 2.45) is 0 Å². The molecule has 2 amide bonds. The van der Waals surface area contributed by atoms with E-state index in [-0.39, 0.29) is 18.2 Å². The van der Waals surface area contributed by atoms with Crippen LogP contribution in [0.25, 0.3) is 23.0 Å². The molecule has 2 aliphatic heterocycles. The fraction of sp³-hybridized carbons (Fsp3) is 0.312. The van der Waals surface area contributed by atoms with Gasteiger partial charge in [0, 0.05) is 29.5 Å². The van der Waals surface area contributed by atoms with E-state index in [2.05, 4.69) is 6.92 Å². The van der Waals surface area contributed by atoms with Crippen LogP contribution in [0.5, 0.6) is 5.75 Å². The zero-order valence-corrected chi connectivity index (χ0v) is 23.0. The third kappa shape index (κ3) is 5.33. The second kappa shape index (κ2) is 11.7. The molecule has 0 aliphatic carbocycles. The van der Waals surface area contributed by atoms with Crippen LogP contribution in [-0.4, -0.2) is 52.4 Å². The zero-order chi connectivity index (χ0) is 28.2. The number of aromatic nitrogens is 2. The molecule has 3 aromatic rings. The molecule has 1 aromatic heterocycles. The van der Waals surface area contributed by atoms with Crippen LogP contribution in [0.15, 0.2) is 71.4 Å². The molecule has 2 aliphatic rings. The van der Waals surface area contributed by atoms with Gasteiger partial charge in [-0.05, 0) is 80.7 Å². The van der Waals surface area contributed by atoms with Crippen LogP contribution in [0.1, 0.15) is 44.2 Å². The maximum absolute atomic E-state index is 13.7. The molecule has 5 rings (SSSR count). The van der Waals surface area contributed by atoms with Gasteiger partial charge in [0.2, 0.25) is 0 Å². The molecule has 1 atom stereocenters. The van der Waals surface area contributed by atoms with E-state index >= 15 is 0 Å². The van der Waals surface area contributed by atoms with Crippen LogP contribution in [0.3, 0.4) is 0 Å². The summed E-state index contributed by atoms with van der Waals surface area (Å²) < 4.78 is 13.3. The Hall–Kier alpha value is -4.48. The van der Waals surface area contributed by atoms with Crippen molar-refractivity contribution in [1.29, 1.82) is 5.26 Å². The van der Waals surface area contributed by atoms with Crippen molar-refractivity contribution in [3.05, 3.63) is 82.6 Å². The smallest absolute Gasteiger partial charge is 0.271 e. The Morgan fingerprint density at radius 3 is 2.62 bits per heavy atom. The number of carbonyl (C=O) groups excluding carboxylic acids is 2. The lowest BCUT2D eigenvalue weighted by atomic mass is 9.92. The van der Waals surface area contributed by atoms with E-state index in [0.29, 0.717) is 35.6 Å². The molecule has 204 valence electrons. The fourth-order valence-corrected chi connectivity index (χ4v) is 5.07. The predicted octanol–water partition coefficient (Wildman–Crippen LogP) is 5.41. The number of hydrogen-bond donors (Lipinski definition) is 0. The number of ether oxygens (including phenoxy) is 2. The molecule has 8 heteroatoms. The molecule has 0 radical (unpaired) electrons. The number of aryl methyl sites for hydroxylation is 1. The molecule has 3 heterocycles. The quantitative estimate of drug-likeness (QED) is 0.282. The van der Waals surface area contributed by atoms with Crippen molar-refractivity contribution in [1.82, 2.24) is 14.7 Å². The van der Waals surface area contributed by atoms with Crippen molar-refractivity contribution >= 4 is 17.9 Å². The van der Waals surface area contributed by atoms with Gasteiger partial charge in [-0.15, -0.1) is 0 Å². The Labute approximate surface area is 234 Å². The van der Waals surface area contributed by atoms with E-state index in [0.717, 1.165) is 46.7 Å². The van der Waals surface area contributed by atoms with Gasteiger partial charge in [-0.3, -0.25) is 14.5 Å². The number of rotatable bonds is 8. The van der Waals surface area contributed by atoms with Gasteiger partial charge in [-0.2, -0.15) is 10.4 Å². The second-order valence-electron chi connectivity index (χ2n) is 10.1. The first-order valence-corrected chi connectivity index (χ1v) is 13.6. The highest BCUT2D eigenvalue weighted by Gasteiger charge is 2.37. The molecule has 8 nitrogen and oxygen atoms in total. The normalized spacial score (nSPS) is 18.5. The number of amides is 2. The van der Waals surface area contributed by atoms with Gasteiger partial charge in [0.1, 0.15) is 23.1 Å². The number of nitrogens with zero attached hydrogens (tertiary/aromatic N) is 4. The fourth-order valence-electron chi connectivity index (χ4n) is 5.07. The van der Waals surface area contributed by atoms with Gasteiger partial charge >= 0.3 is 0 Å². The van der Waals surface area contributed by atoms with Crippen molar-refractivity contribution in [2.75, 3.05) is 19.8 Å². The summed E-state index contributed by atoms with van der Waals surface area (Å²) in [6.45, 7) is 7.08. The third-order valence-electron chi connectivity index (χ3n) is 7.22. The van der Waals surface area contributed by atoms with Crippen molar-refractivity contribution in [3.8, 4) is 28.8 Å². The largest absolute Gasteiger partial charge is 0.494 e. The van der Waals surface area contributed by atoms with Crippen molar-refractivity contribution in [2.45, 2.75) is 46.1 Å². The van der Waals surface area contributed by atoms with Crippen LogP contribution in [-0.2, 0) is 14.3 Å². The Morgan fingerprint density at radius 2 is 1.95 bits per heavy atom. The van der Waals surface area contributed by atoms with Gasteiger partial charge in [0.25, 0.3) is 11.8 Å². The first-order valence-electron chi connectivity index (χ1n) is 13.6. The van der Waals surface area contributed by atoms with E-state index < -0.39 is 11.8 Å². The molecule has 1 fully saturated rings. The highest BCUT2D eigenvalue weighted by molar-refractivity contribution is 6.19. The Bertz CT molecular complexity index is 1540. The monoisotopic (exact) mass is 536 g/mol. The summed E-state index contributed by atoms with van der Waals surface area (Å²) >= 11 is 0. The third-order valence-corrected chi connectivity index (χ3v) is 7.22. The first kappa shape index (κ1) is 27.1. The lowest BCUT2D eigenvalue weighted by molar-refractivity contribution is -0.142. The minimum absolute atomic E-state index is 0.0329. The van der Waals surface area contributed by atoms with E-state index in [1.165, 1.54) is 0 Å². The average Bonchev–Trinajstić information content (AvgIpc) is 3.63. The Balaban J connectivity index is 1.62. The van der Waals surface area contributed by atoms with E-state index in [1.54, 1.807) is 17.7 Å². The van der Waals surface area contributed by atoms with Gasteiger partial charge in [-0.1, -0.05) is 25.1 Å². The molecule has 40 heavy (non-hydrogen) atoms. The molecule has 2 aromatic carbocycles. The molecule has 0 N–H and O–H groups in total. The SMILES string of the molecule is CCCOc1ccc(-c2nn(-c3ccccc3)cc2/C=C2/C(=O)N(CC3CCCO3)C(=O)C(C#N)=C2C)c(C)c1. The summed E-state index contributed by atoms with van der Waals surface area (Å²) in [5, 5.41) is 14.8. The highest BCUT2D eigenvalue weighted by atomic mass is 16.5. The minimum atomic E-state index is -0.573.